The fourth-order valence-electron chi connectivity index (χ4n) is 1.30. The van der Waals surface area contributed by atoms with Crippen molar-refractivity contribution in [3.63, 3.8) is 0 Å². The van der Waals surface area contributed by atoms with Crippen molar-refractivity contribution in [2.75, 3.05) is 19.8 Å². The van der Waals surface area contributed by atoms with Gasteiger partial charge in [-0.1, -0.05) is 0 Å². The Kier molecular flexibility index (Phi) is 6.03. The monoisotopic (exact) mass is 209 g/mol. The Labute approximate surface area is 84.2 Å². The number of carbonyl (C=O) groups excluding carboxylic acids is 1. The minimum atomic E-state index is -0.196. The zero-order valence-electron chi connectivity index (χ0n) is 7.69. The van der Waals surface area contributed by atoms with Gasteiger partial charge in [0.2, 0.25) is 0 Å². The molecule has 1 aliphatic rings. The van der Waals surface area contributed by atoms with Gasteiger partial charge in [-0.2, -0.15) is 0 Å². The van der Waals surface area contributed by atoms with E-state index in [-0.39, 0.29) is 30.3 Å². The van der Waals surface area contributed by atoms with Crippen molar-refractivity contribution < 1.29 is 14.3 Å². The number of esters is 1. The second kappa shape index (κ2) is 6.18. The van der Waals surface area contributed by atoms with E-state index in [4.69, 9.17) is 15.2 Å². The molecule has 5 heteroatoms. The van der Waals surface area contributed by atoms with Crippen molar-refractivity contribution in [2.45, 2.75) is 19.4 Å². The topological polar surface area (TPSA) is 61.5 Å². The molecule has 0 saturated carbocycles. The van der Waals surface area contributed by atoms with Gasteiger partial charge in [-0.05, 0) is 13.3 Å². The quantitative estimate of drug-likeness (QED) is 0.667. The number of rotatable bonds is 2. The smallest absolute Gasteiger partial charge is 0.310 e. The van der Waals surface area contributed by atoms with Gasteiger partial charge >= 0.3 is 5.97 Å². The van der Waals surface area contributed by atoms with Crippen LogP contribution in [0.15, 0.2) is 0 Å². The Balaban J connectivity index is 0.00000144. The van der Waals surface area contributed by atoms with Crippen LogP contribution in [-0.2, 0) is 14.3 Å². The number of hydrogen-bond acceptors (Lipinski definition) is 4. The Morgan fingerprint density at radius 3 is 2.92 bits per heavy atom. The molecule has 2 atom stereocenters. The van der Waals surface area contributed by atoms with Gasteiger partial charge in [0.25, 0.3) is 0 Å². The molecule has 0 bridgehead atoms. The van der Waals surface area contributed by atoms with Gasteiger partial charge in [0, 0.05) is 12.6 Å². The molecule has 13 heavy (non-hydrogen) atoms. The molecule has 0 aromatic carbocycles. The molecule has 0 radical (unpaired) electrons. The first-order valence-corrected chi connectivity index (χ1v) is 4.25. The predicted octanol–water partition coefficient (Wildman–Crippen LogP) is 0.335. The predicted molar refractivity (Wildman–Crippen MR) is 50.8 cm³/mol. The second-order valence-corrected chi connectivity index (χ2v) is 2.89. The van der Waals surface area contributed by atoms with Crippen LogP contribution in [0.25, 0.3) is 0 Å². The van der Waals surface area contributed by atoms with Gasteiger partial charge in [0.05, 0.1) is 19.1 Å². The largest absolute Gasteiger partial charge is 0.466 e. The Morgan fingerprint density at radius 2 is 2.38 bits per heavy atom. The van der Waals surface area contributed by atoms with E-state index in [1.165, 1.54) is 0 Å². The zero-order valence-corrected chi connectivity index (χ0v) is 8.51. The van der Waals surface area contributed by atoms with Crippen LogP contribution in [0, 0.1) is 5.92 Å². The summed E-state index contributed by atoms with van der Waals surface area (Å²) in [6.07, 6.45) is 0.681. The van der Waals surface area contributed by atoms with Crippen molar-refractivity contribution in [3.8, 4) is 0 Å². The fraction of sp³-hybridized carbons (Fsp3) is 0.875. The summed E-state index contributed by atoms with van der Waals surface area (Å²) in [5, 5.41) is 0. The third-order valence-corrected chi connectivity index (χ3v) is 1.99. The first-order valence-electron chi connectivity index (χ1n) is 4.25. The molecule has 0 amide bonds. The molecule has 78 valence electrons. The van der Waals surface area contributed by atoms with E-state index in [0.29, 0.717) is 26.2 Å². The molecule has 0 spiro atoms. The molecule has 0 aromatic rings. The van der Waals surface area contributed by atoms with Crippen molar-refractivity contribution >= 4 is 18.4 Å². The summed E-state index contributed by atoms with van der Waals surface area (Å²) in [6.45, 7) is 3.28. The van der Waals surface area contributed by atoms with Crippen molar-refractivity contribution in [1.82, 2.24) is 0 Å². The van der Waals surface area contributed by atoms with E-state index in [1.54, 1.807) is 6.92 Å². The summed E-state index contributed by atoms with van der Waals surface area (Å²) in [7, 11) is 0. The maximum atomic E-state index is 11.3. The summed E-state index contributed by atoms with van der Waals surface area (Å²) >= 11 is 0. The maximum Gasteiger partial charge on any atom is 0.310 e. The number of halogens is 1. The molecule has 0 aliphatic carbocycles. The molecular weight excluding hydrogens is 194 g/mol. The molecular formula is C8H16ClNO3. The highest BCUT2D eigenvalue weighted by molar-refractivity contribution is 5.85. The standard InChI is InChI=1S/C8H15NO3.ClH/c1-2-12-8(10)6-3-4-11-5-7(6)9;/h6-7H,2-5,9H2,1H3;1H/t6-,7+;/m0./s1. The number of carbonyl (C=O) groups is 1. The summed E-state index contributed by atoms with van der Waals surface area (Å²) in [5.41, 5.74) is 5.68. The average Bonchev–Trinajstić information content (AvgIpc) is 2.05. The van der Waals surface area contributed by atoms with E-state index < -0.39 is 0 Å². The van der Waals surface area contributed by atoms with Crippen LogP contribution in [0.4, 0.5) is 0 Å². The third-order valence-electron chi connectivity index (χ3n) is 1.99. The maximum absolute atomic E-state index is 11.3. The molecule has 0 unspecified atom stereocenters. The Morgan fingerprint density at radius 1 is 1.69 bits per heavy atom. The highest BCUT2D eigenvalue weighted by atomic mass is 35.5. The summed E-state index contributed by atoms with van der Waals surface area (Å²) in [4.78, 5) is 11.3. The van der Waals surface area contributed by atoms with Crippen LogP contribution in [0.5, 0.6) is 0 Å². The van der Waals surface area contributed by atoms with Gasteiger partial charge < -0.3 is 15.2 Å². The summed E-state index contributed by atoms with van der Waals surface area (Å²) < 4.78 is 9.98. The molecule has 1 saturated heterocycles. The van der Waals surface area contributed by atoms with Crippen LogP contribution in [0.2, 0.25) is 0 Å². The van der Waals surface area contributed by atoms with Gasteiger partial charge in [0.15, 0.2) is 0 Å². The molecule has 0 aromatic heterocycles. The first-order chi connectivity index (χ1) is 5.75. The summed E-state index contributed by atoms with van der Waals surface area (Å²) in [6, 6.07) is -0.196. The second-order valence-electron chi connectivity index (χ2n) is 2.89. The van der Waals surface area contributed by atoms with Gasteiger partial charge in [-0.25, -0.2) is 0 Å². The molecule has 1 aliphatic heterocycles. The van der Waals surface area contributed by atoms with E-state index in [2.05, 4.69) is 0 Å². The van der Waals surface area contributed by atoms with Crippen LogP contribution in [0.3, 0.4) is 0 Å². The van der Waals surface area contributed by atoms with E-state index in [1.807, 2.05) is 0 Å². The van der Waals surface area contributed by atoms with Crippen molar-refractivity contribution in [2.24, 2.45) is 11.7 Å². The van der Waals surface area contributed by atoms with Crippen molar-refractivity contribution in [1.29, 1.82) is 0 Å². The minimum Gasteiger partial charge on any atom is -0.466 e. The highest BCUT2D eigenvalue weighted by Crippen LogP contribution is 2.15. The average molecular weight is 210 g/mol. The normalized spacial score (nSPS) is 27.5. The number of ether oxygens (including phenoxy) is 2. The SMILES string of the molecule is CCOC(=O)[C@H]1CCOC[C@H]1N.Cl. The van der Waals surface area contributed by atoms with Gasteiger partial charge in [-0.3, -0.25) is 4.79 Å². The third kappa shape index (κ3) is 3.50. The Bertz CT molecular complexity index is 165. The van der Waals surface area contributed by atoms with Crippen LogP contribution >= 0.6 is 12.4 Å². The van der Waals surface area contributed by atoms with Crippen LogP contribution in [-0.4, -0.2) is 31.8 Å². The van der Waals surface area contributed by atoms with Crippen LogP contribution in [0.1, 0.15) is 13.3 Å². The van der Waals surface area contributed by atoms with E-state index in [9.17, 15) is 4.79 Å². The molecule has 1 rings (SSSR count). The lowest BCUT2D eigenvalue weighted by Crippen LogP contribution is -2.44. The van der Waals surface area contributed by atoms with Crippen molar-refractivity contribution in [3.05, 3.63) is 0 Å². The molecule has 2 N–H and O–H groups in total. The number of nitrogens with two attached hydrogens (primary N) is 1. The van der Waals surface area contributed by atoms with Gasteiger partial charge in [-0.15, -0.1) is 12.4 Å². The van der Waals surface area contributed by atoms with E-state index in [0.717, 1.165) is 0 Å². The molecule has 1 fully saturated rings. The minimum absolute atomic E-state index is 0. The lowest BCUT2D eigenvalue weighted by atomic mass is 9.96. The summed E-state index contributed by atoms with van der Waals surface area (Å²) in [5.74, 6) is -0.355. The molecule has 4 nitrogen and oxygen atoms in total. The highest BCUT2D eigenvalue weighted by Gasteiger charge is 2.29. The van der Waals surface area contributed by atoms with E-state index >= 15 is 0 Å². The van der Waals surface area contributed by atoms with Crippen LogP contribution < -0.4 is 5.73 Å². The number of hydrogen-bond donors (Lipinski definition) is 1. The first kappa shape index (κ1) is 12.7. The fourth-order valence-corrected chi connectivity index (χ4v) is 1.30. The zero-order chi connectivity index (χ0) is 8.97. The lowest BCUT2D eigenvalue weighted by Gasteiger charge is -2.26. The Hall–Kier alpha value is -0.320. The van der Waals surface area contributed by atoms with Gasteiger partial charge in [0.1, 0.15) is 0 Å². The molecule has 1 heterocycles. The lowest BCUT2D eigenvalue weighted by molar-refractivity contribution is -0.152.